The van der Waals surface area contributed by atoms with E-state index in [0.717, 1.165) is 21.2 Å². The standard InChI is InChI=1S/C13H13BrN2O4/c1-7-3-9(4-8(2)12(7)14)13-15-10(20-16-13)5-19-6-11(17)18/h3-4H,5-6H2,1-2H3,(H,17,18). The number of aromatic nitrogens is 2. The van der Waals surface area contributed by atoms with Crippen molar-refractivity contribution in [2.24, 2.45) is 0 Å². The number of ether oxygens (including phenoxy) is 1. The molecule has 0 radical (unpaired) electrons. The topological polar surface area (TPSA) is 85.5 Å². The molecule has 1 heterocycles. The highest BCUT2D eigenvalue weighted by Crippen LogP contribution is 2.27. The van der Waals surface area contributed by atoms with Crippen molar-refractivity contribution in [2.75, 3.05) is 6.61 Å². The van der Waals surface area contributed by atoms with Gasteiger partial charge in [0.05, 0.1) is 0 Å². The van der Waals surface area contributed by atoms with Crippen molar-refractivity contribution < 1.29 is 19.2 Å². The van der Waals surface area contributed by atoms with Crippen LogP contribution in [0.3, 0.4) is 0 Å². The number of aryl methyl sites for hydroxylation is 2. The molecular weight excluding hydrogens is 328 g/mol. The molecule has 20 heavy (non-hydrogen) atoms. The average Bonchev–Trinajstić information content (AvgIpc) is 2.83. The number of nitrogens with zero attached hydrogens (tertiary/aromatic N) is 2. The van der Waals surface area contributed by atoms with E-state index in [1.807, 2.05) is 26.0 Å². The Kier molecular flexibility index (Phi) is 4.51. The van der Waals surface area contributed by atoms with E-state index >= 15 is 0 Å². The number of carboxylic acids is 1. The molecule has 0 bridgehead atoms. The van der Waals surface area contributed by atoms with Crippen LogP contribution in [0.4, 0.5) is 0 Å². The molecule has 0 aliphatic heterocycles. The van der Waals surface area contributed by atoms with Gasteiger partial charge in [-0.25, -0.2) is 4.79 Å². The van der Waals surface area contributed by atoms with Crippen LogP contribution in [0.2, 0.25) is 0 Å². The van der Waals surface area contributed by atoms with Gasteiger partial charge >= 0.3 is 5.97 Å². The minimum absolute atomic E-state index is 0.0200. The van der Waals surface area contributed by atoms with Crippen molar-refractivity contribution in [3.05, 3.63) is 33.6 Å². The predicted molar refractivity (Wildman–Crippen MR) is 74.2 cm³/mol. The lowest BCUT2D eigenvalue weighted by molar-refractivity contribution is -0.142. The van der Waals surface area contributed by atoms with Crippen LogP contribution < -0.4 is 0 Å². The van der Waals surface area contributed by atoms with Gasteiger partial charge in [-0.1, -0.05) is 21.1 Å². The van der Waals surface area contributed by atoms with E-state index in [1.165, 1.54) is 0 Å². The molecule has 0 fully saturated rings. The fourth-order valence-corrected chi connectivity index (χ4v) is 1.96. The third-order valence-corrected chi connectivity index (χ3v) is 3.86. The highest BCUT2D eigenvalue weighted by molar-refractivity contribution is 9.10. The largest absolute Gasteiger partial charge is 0.480 e. The maximum absolute atomic E-state index is 10.3. The molecule has 7 heteroatoms. The van der Waals surface area contributed by atoms with Crippen LogP contribution in [-0.4, -0.2) is 27.8 Å². The predicted octanol–water partition coefficient (Wildman–Crippen LogP) is 2.72. The second kappa shape index (κ2) is 6.15. The van der Waals surface area contributed by atoms with Gasteiger partial charge in [-0.3, -0.25) is 0 Å². The summed E-state index contributed by atoms with van der Waals surface area (Å²) >= 11 is 3.50. The molecule has 0 spiro atoms. The summed E-state index contributed by atoms with van der Waals surface area (Å²) in [7, 11) is 0. The smallest absolute Gasteiger partial charge is 0.329 e. The molecule has 0 aliphatic rings. The van der Waals surface area contributed by atoms with Crippen LogP contribution >= 0.6 is 15.9 Å². The maximum Gasteiger partial charge on any atom is 0.329 e. The zero-order chi connectivity index (χ0) is 14.7. The average molecular weight is 341 g/mol. The Morgan fingerprint density at radius 3 is 2.65 bits per heavy atom. The van der Waals surface area contributed by atoms with E-state index in [9.17, 15) is 4.79 Å². The van der Waals surface area contributed by atoms with E-state index in [2.05, 4.69) is 26.1 Å². The van der Waals surface area contributed by atoms with Gasteiger partial charge in [-0.2, -0.15) is 4.98 Å². The van der Waals surface area contributed by atoms with E-state index in [0.29, 0.717) is 5.82 Å². The molecule has 2 rings (SSSR count). The quantitative estimate of drug-likeness (QED) is 0.900. The fraction of sp³-hybridized carbons (Fsp3) is 0.308. The summed E-state index contributed by atoms with van der Waals surface area (Å²) in [6.45, 7) is 3.55. The van der Waals surface area contributed by atoms with E-state index < -0.39 is 12.6 Å². The van der Waals surface area contributed by atoms with Crippen molar-refractivity contribution in [3.63, 3.8) is 0 Å². The van der Waals surface area contributed by atoms with Crippen molar-refractivity contribution in [2.45, 2.75) is 20.5 Å². The normalized spacial score (nSPS) is 10.8. The number of hydrogen-bond donors (Lipinski definition) is 1. The lowest BCUT2D eigenvalue weighted by atomic mass is 10.1. The first-order valence-electron chi connectivity index (χ1n) is 5.86. The molecule has 0 saturated carbocycles. The summed E-state index contributed by atoms with van der Waals surface area (Å²) in [6.07, 6.45) is 0. The second-order valence-electron chi connectivity index (χ2n) is 4.32. The lowest BCUT2D eigenvalue weighted by Crippen LogP contribution is -2.06. The monoisotopic (exact) mass is 340 g/mol. The molecule has 1 aromatic carbocycles. The van der Waals surface area contributed by atoms with Crippen LogP contribution in [0.5, 0.6) is 0 Å². The highest BCUT2D eigenvalue weighted by atomic mass is 79.9. The molecule has 0 amide bonds. The Morgan fingerprint density at radius 2 is 2.05 bits per heavy atom. The summed E-state index contributed by atoms with van der Waals surface area (Å²) in [5.74, 6) is -0.332. The number of carboxylic acid groups (broad SMARTS) is 1. The zero-order valence-corrected chi connectivity index (χ0v) is 12.6. The van der Waals surface area contributed by atoms with Crippen LogP contribution in [0.15, 0.2) is 21.1 Å². The number of carbonyl (C=O) groups is 1. The van der Waals surface area contributed by atoms with Gasteiger partial charge in [0, 0.05) is 10.0 Å². The van der Waals surface area contributed by atoms with Gasteiger partial charge in [0.2, 0.25) is 5.82 Å². The first kappa shape index (κ1) is 14.7. The summed E-state index contributed by atoms with van der Waals surface area (Å²) in [5, 5.41) is 12.3. The van der Waals surface area contributed by atoms with Gasteiger partial charge in [0.1, 0.15) is 13.2 Å². The Morgan fingerprint density at radius 1 is 1.40 bits per heavy atom. The summed E-state index contributed by atoms with van der Waals surface area (Å²) in [4.78, 5) is 14.5. The number of halogens is 1. The van der Waals surface area contributed by atoms with Crippen LogP contribution in [0.1, 0.15) is 17.0 Å². The Labute approximate surface area is 123 Å². The molecule has 2 aromatic rings. The zero-order valence-electron chi connectivity index (χ0n) is 11.0. The molecule has 1 aromatic heterocycles. The SMILES string of the molecule is Cc1cc(-c2noc(COCC(=O)O)n2)cc(C)c1Br. The van der Waals surface area contributed by atoms with Crippen LogP contribution in [0.25, 0.3) is 11.4 Å². The molecule has 0 aliphatic carbocycles. The number of hydrogen-bond acceptors (Lipinski definition) is 5. The van der Waals surface area contributed by atoms with E-state index in [-0.39, 0.29) is 12.5 Å². The summed E-state index contributed by atoms with van der Waals surface area (Å²) in [5.41, 5.74) is 3.00. The molecular formula is C13H13BrN2O4. The summed E-state index contributed by atoms with van der Waals surface area (Å²) < 4.78 is 11.0. The van der Waals surface area contributed by atoms with Crippen molar-refractivity contribution in [3.8, 4) is 11.4 Å². The first-order valence-corrected chi connectivity index (χ1v) is 6.66. The first-order chi connectivity index (χ1) is 9.47. The van der Waals surface area contributed by atoms with Gasteiger partial charge in [-0.05, 0) is 37.1 Å². The number of aliphatic carboxylic acids is 1. The van der Waals surface area contributed by atoms with Gasteiger partial charge in [-0.15, -0.1) is 0 Å². The molecule has 106 valence electrons. The van der Waals surface area contributed by atoms with Gasteiger partial charge in [0.25, 0.3) is 5.89 Å². The number of rotatable bonds is 5. The molecule has 1 N–H and O–H groups in total. The molecule has 6 nitrogen and oxygen atoms in total. The Balaban J connectivity index is 2.14. The fourth-order valence-electron chi connectivity index (χ4n) is 1.73. The van der Waals surface area contributed by atoms with Crippen LogP contribution in [0, 0.1) is 13.8 Å². The van der Waals surface area contributed by atoms with Crippen molar-refractivity contribution in [1.82, 2.24) is 10.1 Å². The third kappa shape index (κ3) is 3.43. The van der Waals surface area contributed by atoms with E-state index in [1.54, 1.807) is 0 Å². The third-order valence-electron chi connectivity index (χ3n) is 2.61. The minimum Gasteiger partial charge on any atom is -0.480 e. The highest BCUT2D eigenvalue weighted by Gasteiger charge is 2.11. The second-order valence-corrected chi connectivity index (χ2v) is 5.12. The number of benzene rings is 1. The van der Waals surface area contributed by atoms with Crippen molar-refractivity contribution >= 4 is 21.9 Å². The lowest BCUT2D eigenvalue weighted by Gasteiger charge is -2.04. The molecule has 0 atom stereocenters. The van der Waals surface area contributed by atoms with Crippen molar-refractivity contribution in [1.29, 1.82) is 0 Å². The van der Waals surface area contributed by atoms with Gasteiger partial charge < -0.3 is 14.4 Å². The van der Waals surface area contributed by atoms with E-state index in [4.69, 9.17) is 14.4 Å². The van der Waals surface area contributed by atoms with Gasteiger partial charge in [0.15, 0.2) is 0 Å². The molecule has 0 unspecified atom stereocenters. The maximum atomic E-state index is 10.3. The molecule has 0 saturated heterocycles. The summed E-state index contributed by atoms with van der Waals surface area (Å²) in [6, 6.07) is 3.90. The Bertz CT molecular complexity index is 616. The van der Waals surface area contributed by atoms with Crippen LogP contribution in [-0.2, 0) is 16.1 Å². The Hall–Kier alpha value is -1.73. The minimum atomic E-state index is -1.04.